The Morgan fingerprint density at radius 3 is 2.50 bits per heavy atom. The van der Waals surface area contributed by atoms with E-state index in [9.17, 15) is 13.6 Å². The first-order valence-electron chi connectivity index (χ1n) is 7.16. The number of ether oxygens (including phenoxy) is 1. The zero-order valence-electron chi connectivity index (χ0n) is 11.5. The molecule has 2 aliphatic rings. The van der Waals surface area contributed by atoms with Crippen LogP contribution in [0.2, 0.25) is 0 Å². The van der Waals surface area contributed by atoms with Gasteiger partial charge in [0.1, 0.15) is 5.78 Å². The van der Waals surface area contributed by atoms with E-state index in [-0.39, 0.29) is 41.5 Å². The zero-order chi connectivity index (χ0) is 14.3. The van der Waals surface area contributed by atoms with Crippen LogP contribution in [0.4, 0.5) is 8.78 Å². The summed E-state index contributed by atoms with van der Waals surface area (Å²) in [4.78, 5) is 12.3. The minimum Gasteiger partial charge on any atom is -0.375 e. The Hall–Kier alpha value is -1.29. The number of benzene rings is 1. The minimum absolute atomic E-state index is 0.00681. The van der Waals surface area contributed by atoms with Crippen molar-refractivity contribution in [2.75, 3.05) is 0 Å². The largest absolute Gasteiger partial charge is 0.375 e. The maximum atomic E-state index is 13.8. The number of hydrogen-bond donors (Lipinski definition) is 0. The quantitative estimate of drug-likeness (QED) is 0.848. The van der Waals surface area contributed by atoms with E-state index in [1.165, 1.54) is 19.1 Å². The number of fused-ring (bicyclic) bond motifs is 2. The van der Waals surface area contributed by atoms with Crippen LogP contribution < -0.4 is 0 Å². The van der Waals surface area contributed by atoms with Gasteiger partial charge in [-0.15, -0.1) is 0 Å². The molecule has 2 heterocycles. The van der Waals surface area contributed by atoms with Crippen LogP contribution in [0, 0.1) is 24.5 Å². The van der Waals surface area contributed by atoms with Gasteiger partial charge in [0, 0.05) is 12.3 Å². The summed E-state index contributed by atoms with van der Waals surface area (Å²) in [6, 6.07) is 3.04. The summed E-state index contributed by atoms with van der Waals surface area (Å²) in [7, 11) is 0. The van der Waals surface area contributed by atoms with Gasteiger partial charge in [0.2, 0.25) is 0 Å². The lowest BCUT2D eigenvalue weighted by molar-refractivity contribution is -0.128. The summed E-state index contributed by atoms with van der Waals surface area (Å²) in [5.41, 5.74) is 0.430. The molecule has 2 fully saturated rings. The second-order valence-electron chi connectivity index (χ2n) is 5.94. The summed E-state index contributed by atoms with van der Waals surface area (Å²) < 4.78 is 33.0. The highest BCUT2D eigenvalue weighted by molar-refractivity contribution is 5.83. The minimum atomic E-state index is -0.881. The highest BCUT2D eigenvalue weighted by atomic mass is 19.2. The molecule has 0 spiro atoms. The molecule has 0 aromatic heterocycles. The van der Waals surface area contributed by atoms with E-state index < -0.39 is 11.6 Å². The molecule has 2 aliphatic heterocycles. The van der Waals surface area contributed by atoms with Gasteiger partial charge < -0.3 is 4.74 Å². The Bertz CT molecular complexity index is 530. The van der Waals surface area contributed by atoms with Crippen molar-refractivity contribution >= 4 is 5.78 Å². The third-order valence-corrected chi connectivity index (χ3v) is 4.47. The lowest BCUT2D eigenvalue weighted by Crippen LogP contribution is -2.31. The third kappa shape index (κ3) is 2.49. The molecule has 0 amide bonds. The van der Waals surface area contributed by atoms with Crippen LogP contribution in [-0.2, 0) is 16.0 Å². The molecule has 2 nitrogen and oxygen atoms in total. The van der Waals surface area contributed by atoms with Crippen molar-refractivity contribution in [1.82, 2.24) is 0 Å². The van der Waals surface area contributed by atoms with Crippen LogP contribution >= 0.6 is 0 Å². The maximum absolute atomic E-state index is 13.8. The van der Waals surface area contributed by atoms with Crippen LogP contribution in [0.5, 0.6) is 0 Å². The lowest BCUT2D eigenvalue weighted by Gasteiger charge is -2.27. The predicted molar refractivity (Wildman–Crippen MR) is 70.4 cm³/mol. The summed E-state index contributed by atoms with van der Waals surface area (Å²) in [5, 5.41) is 0. The van der Waals surface area contributed by atoms with Crippen molar-refractivity contribution in [2.24, 2.45) is 5.92 Å². The first-order chi connectivity index (χ1) is 9.54. The third-order valence-electron chi connectivity index (χ3n) is 4.47. The Morgan fingerprint density at radius 1 is 1.20 bits per heavy atom. The van der Waals surface area contributed by atoms with Crippen LogP contribution in [-0.4, -0.2) is 18.0 Å². The lowest BCUT2D eigenvalue weighted by atomic mass is 9.88. The van der Waals surface area contributed by atoms with E-state index in [0.29, 0.717) is 0 Å². The van der Waals surface area contributed by atoms with Gasteiger partial charge in [0.25, 0.3) is 0 Å². The molecule has 2 bridgehead atoms. The Labute approximate surface area is 117 Å². The number of hydrogen-bond acceptors (Lipinski definition) is 2. The monoisotopic (exact) mass is 280 g/mol. The highest BCUT2D eigenvalue weighted by Crippen LogP contribution is 2.36. The normalized spacial score (nSPS) is 28.6. The van der Waals surface area contributed by atoms with Gasteiger partial charge in [-0.2, -0.15) is 0 Å². The average Bonchev–Trinajstić information content (AvgIpc) is 2.78. The summed E-state index contributed by atoms with van der Waals surface area (Å²) >= 11 is 0. The van der Waals surface area contributed by atoms with Gasteiger partial charge in [-0.3, -0.25) is 4.79 Å². The van der Waals surface area contributed by atoms with Crippen LogP contribution in [0.15, 0.2) is 12.1 Å². The van der Waals surface area contributed by atoms with E-state index in [2.05, 4.69) is 0 Å². The van der Waals surface area contributed by atoms with Crippen molar-refractivity contribution in [3.8, 4) is 0 Å². The van der Waals surface area contributed by atoms with Gasteiger partial charge in [-0.1, -0.05) is 12.1 Å². The van der Waals surface area contributed by atoms with Gasteiger partial charge in [0.05, 0.1) is 12.2 Å². The number of ketones is 1. The summed E-state index contributed by atoms with van der Waals surface area (Å²) in [6.45, 7) is 1.51. The SMILES string of the molecule is Cc1ccc(CC(=O)C2CC3CCC(C2)O3)c(F)c1F. The maximum Gasteiger partial charge on any atom is 0.162 e. The number of halogens is 2. The second-order valence-corrected chi connectivity index (χ2v) is 5.94. The Morgan fingerprint density at radius 2 is 1.85 bits per heavy atom. The number of carbonyl (C=O) groups is 1. The average molecular weight is 280 g/mol. The smallest absolute Gasteiger partial charge is 0.162 e. The molecular weight excluding hydrogens is 262 g/mol. The summed E-state index contributed by atoms with van der Waals surface area (Å²) in [5.74, 6) is -1.78. The Kier molecular flexibility index (Phi) is 3.59. The molecule has 0 N–H and O–H groups in total. The molecule has 1 aromatic rings. The fraction of sp³-hybridized carbons (Fsp3) is 0.562. The van der Waals surface area contributed by atoms with Crippen molar-refractivity contribution in [1.29, 1.82) is 0 Å². The van der Waals surface area contributed by atoms with Crippen molar-refractivity contribution in [2.45, 2.75) is 51.2 Å². The van der Waals surface area contributed by atoms with Crippen LogP contribution in [0.25, 0.3) is 0 Å². The van der Waals surface area contributed by atoms with Crippen LogP contribution in [0.1, 0.15) is 36.8 Å². The second kappa shape index (κ2) is 5.24. The number of Topliss-reactive ketones (excluding diaryl/α,β-unsaturated/α-hetero) is 1. The van der Waals surface area contributed by atoms with Crippen LogP contribution in [0.3, 0.4) is 0 Å². The molecule has 0 saturated carbocycles. The van der Waals surface area contributed by atoms with E-state index in [1.807, 2.05) is 0 Å². The van der Waals surface area contributed by atoms with Gasteiger partial charge in [0.15, 0.2) is 11.6 Å². The van der Waals surface area contributed by atoms with E-state index in [1.54, 1.807) is 0 Å². The number of aryl methyl sites for hydroxylation is 1. The first-order valence-corrected chi connectivity index (χ1v) is 7.16. The van der Waals surface area contributed by atoms with Crippen molar-refractivity contribution in [3.05, 3.63) is 34.9 Å². The number of carbonyl (C=O) groups excluding carboxylic acids is 1. The molecule has 2 atom stereocenters. The molecule has 4 heteroatoms. The van der Waals surface area contributed by atoms with Gasteiger partial charge in [-0.25, -0.2) is 8.78 Å². The first kappa shape index (κ1) is 13.7. The Balaban J connectivity index is 1.72. The molecule has 20 heavy (non-hydrogen) atoms. The molecule has 108 valence electrons. The fourth-order valence-electron chi connectivity index (χ4n) is 3.28. The molecule has 0 aliphatic carbocycles. The zero-order valence-corrected chi connectivity index (χ0v) is 11.5. The van der Waals surface area contributed by atoms with E-state index >= 15 is 0 Å². The fourth-order valence-corrected chi connectivity index (χ4v) is 3.28. The standard InChI is InChI=1S/C16H18F2O2/c1-9-2-3-10(16(18)15(9)17)8-14(19)11-6-12-4-5-13(7-11)20-12/h2-3,11-13H,4-8H2,1H3. The topological polar surface area (TPSA) is 26.3 Å². The van der Waals surface area contributed by atoms with Crippen molar-refractivity contribution in [3.63, 3.8) is 0 Å². The van der Waals surface area contributed by atoms with E-state index in [4.69, 9.17) is 4.74 Å². The van der Waals surface area contributed by atoms with Crippen molar-refractivity contribution < 1.29 is 18.3 Å². The van der Waals surface area contributed by atoms with Gasteiger partial charge >= 0.3 is 0 Å². The molecule has 2 unspecified atom stereocenters. The molecule has 3 rings (SSSR count). The summed E-state index contributed by atoms with van der Waals surface area (Å²) in [6.07, 6.45) is 3.83. The predicted octanol–water partition coefficient (Wildman–Crippen LogP) is 3.34. The molecule has 1 aromatic carbocycles. The molecular formula is C16H18F2O2. The van der Waals surface area contributed by atoms with E-state index in [0.717, 1.165) is 25.7 Å². The molecule has 0 radical (unpaired) electrons. The highest BCUT2D eigenvalue weighted by Gasteiger charge is 2.37. The molecule has 2 saturated heterocycles. The van der Waals surface area contributed by atoms with Gasteiger partial charge in [-0.05, 0) is 43.7 Å². The number of rotatable bonds is 3.